The van der Waals surface area contributed by atoms with Gasteiger partial charge in [0.15, 0.2) is 0 Å². The van der Waals surface area contributed by atoms with Crippen LogP contribution < -0.4 is 10.6 Å². The highest BCUT2D eigenvalue weighted by atomic mass is 16.5. The number of amides is 1. The van der Waals surface area contributed by atoms with Crippen LogP contribution in [0.15, 0.2) is 0 Å². The lowest BCUT2D eigenvalue weighted by molar-refractivity contribution is -0.122. The SMILES string of the molecule is CCCN(CC(=O)NC)CC1CNCCO1. The van der Waals surface area contributed by atoms with Crippen molar-refractivity contribution in [1.29, 1.82) is 0 Å². The summed E-state index contributed by atoms with van der Waals surface area (Å²) in [7, 11) is 1.67. The van der Waals surface area contributed by atoms with E-state index in [0.29, 0.717) is 6.54 Å². The third kappa shape index (κ3) is 4.92. The van der Waals surface area contributed by atoms with Gasteiger partial charge in [0.05, 0.1) is 19.3 Å². The fraction of sp³-hybridized carbons (Fsp3) is 0.909. The number of likely N-dealkylation sites (N-methyl/N-ethyl adjacent to an activating group) is 1. The summed E-state index contributed by atoms with van der Waals surface area (Å²) in [4.78, 5) is 13.5. The second-order valence-electron chi connectivity index (χ2n) is 4.11. The molecule has 0 radical (unpaired) electrons. The number of ether oxygens (including phenoxy) is 1. The molecule has 0 aliphatic carbocycles. The molecule has 1 heterocycles. The summed E-state index contributed by atoms with van der Waals surface area (Å²) in [5.41, 5.74) is 0. The topological polar surface area (TPSA) is 53.6 Å². The Morgan fingerprint density at radius 2 is 2.44 bits per heavy atom. The van der Waals surface area contributed by atoms with Crippen LogP contribution in [0.5, 0.6) is 0 Å². The lowest BCUT2D eigenvalue weighted by Gasteiger charge is -2.29. The number of carbonyl (C=O) groups excluding carboxylic acids is 1. The van der Waals surface area contributed by atoms with Crippen molar-refractivity contribution < 1.29 is 9.53 Å². The molecule has 1 saturated heterocycles. The summed E-state index contributed by atoms with van der Waals surface area (Å²) in [6.07, 6.45) is 1.27. The van der Waals surface area contributed by atoms with Crippen LogP contribution in [0, 0.1) is 0 Å². The third-order valence-corrected chi connectivity index (χ3v) is 2.65. The second-order valence-corrected chi connectivity index (χ2v) is 4.11. The first-order valence-electron chi connectivity index (χ1n) is 6.01. The standard InChI is InChI=1S/C11H23N3O2/c1-3-5-14(9-11(15)12-2)8-10-7-13-4-6-16-10/h10,13H,3-9H2,1-2H3,(H,12,15). The molecule has 1 unspecified atom stereocenters. The van der Waals surface area contributed by atoms with Gasteiger partial charge in [-0.2, -0.15) is 0 Å². The van der Waals surface area contributed by atoms with Crippen LogP contribution in [-0.4, -0.2) is 63.3 Å². The second kappa shape index (κ2) is 7.60. The number of hydrogen-bond acceptors (Lipinski definition) is 4. The minimum atomic E-state index is 0.0669. The van der Waals surface area contributed by atoms with Gasteiger partial charge in [-0.15, -0.1) is 0 Å². The van der Waals surface area contributed by atoms with E-state index in [1.165, 1.54) is 0 Å². The van der Waals surface area contributed by atoms with Crippen molar-refractivity contribution in [2.24, 2.45) is 0 Å². The van der Waals surface area contributed by atoms with Crippen LogP contribution in [0.1, 0.15) is 13.3 Å². The van der Waals surface area contributed by atoms with Gasteiger partial charge in [0.2, 0.25) is 5.91 Å². The first-order valence-corrected chi connectivity index (χ1v) is 6.01. The van der Waals surface area contributed by atoms with Gasteiger partial charge in [-0.3, -0.25) is 9.69 Å². The van der Waals surface area contributed by atoms with E-state index in [4.69, 9.17) is 4.74 Å². The van der Waals surface area contributed by atoms with Gasteiger partial charge in [-0.25, -0.2) is 0 Å². The summed E-state index contributed by atoms with van der Waals surface area (Å²) in [5, 5.41) is 5.95. The Morgan fingerprint density at radius 1 is 1.62 bits per heavy atom. The predicted octanol–water partition coefficient (Wildman–Crippen LogP) is -0.567. The summed E-state index contributed by atoms with van der Waals surface area (Å²) >= 11 is 0. The van der Waals surface area contributed by atoms with Crippen LogP contribution in [0.4, 0.5) is 0 Å². The Kier molecular flexibility index (Phi) is 6.37. The molecule has 16 heavy (non-hydrogen) atoms. The molecule has 5 nitrogen and oxygen atoms in total. The molecular weight excluding hydrogens is 206 g/mol. The van der Waals surface area contributed by atoms with Crippen LogP contribution >= 0.6 is 0 Å². The molecule has 1 aliphatic rings. The maximum Gasteiger partial charge on any atom is 0.233 e. The first-order chi connectivity index (χ1) is 7.76. The molecule has 0 saturated carbocycles. The summed E-state index contributed by atoms with van der Waals surface area (Å²) in [6.45, 7) is 6.93. The van der Waals surface area contributed by atoms with Crippen molar-refractivity contribution in [2.45, 2.75) is 19.4 Å². The fourth-order valence-corrected chi connectivity index (χ4v) is 1.86. The molecule has 0 aromatic heterocycles. The third-order valence-electron chi connectivity index (χ3n) is 2.65. The Balaban J connectivity index is 2.33. The number of carbonyl (C=O) groups is 1. The summed E-state index contributed by atoms with van der Waals surface area (Å²) in [5.74, 6) is 0.0669. The van der Waals surface area contributed by atoms with Crippen LogP contribution in [0.3, 0.4) is 0 Å². The molecule has 1 rings (SSSR count). The average molecular weight is 229 g/mol. The van der Waals surface area contributed by atoms with Gasteiger partial charge in [0.25, 0.3) is 0 Å². The molecule has 1 fully saturated rings. The maximum absolute atomic E-state index is 11.3. The molecule has 0 bridgehead atoms. The molecule has 2 N–H and O–H groups in total. The van der Waals surface area contributed by atoms with E-state index in [9.17, 15) is 4.79 Å². The van der Waals surface area contributed by atoms with Gasteiger partial charge >= 0.3 is 0 Å². The maximum atomic E-state index is 11.3. The van der Waals surface area contributed by atoms with Gasteiger partial charge in [0.1, 0.15) is 0 Å². The monoisotopic (exact) mass is 229 g/mol. The zero-order chi connectivity index (χ0) is 11.8. The molecule has 0 spiro atoms. The molecule has 1 atom stereocenters. The van der Waals surface area contributed by atoms with Gasteiger partial charge in [-0.1, -0.05) is 6.92 Å². The summed E-state index contributed by atoms with van der Waals surface area (Å²) < 4.78 is 5.63. The highest BCUT2D eigenvalue weighted by molar-refractivity contribution is 5.77. The van der Waals surface area contributed by atoms with E-state index in [1.54, 1.807) is 7.05 Å². The van der Waals surface area contributed by atoms with Crippen molar-refractivity contribution in [3.63, 3.8) is 0 Å². The largest absolute Gasteiger partial charge is 0.374 e. The van der Waals surface area contributed by atoms with Crippen molar-refractivity contribution in [3.8, 4) is 0 Å². The molecule has 1 amide bonds. The highest BCUT2D eigenvalue weighted by Gasteiger charge is 2.18. The van der Waals surface area contributed by atoms with E-state index < -0.39 is 0 Å². The van der Waals surface area contributed by atoms with Gasteiger partial charge in [-0.05, 0) is 13.0 Å². The van der Waals surface area contributed by atoms with Gasteiger partial charge < -0.3 is 15.4 Å². The van der Waals surface area contributed by atoms with E-state index in [1.807, 2.05) is 0 Å². The van der Waals surface area contributed by atoms with Gasteiger partial charge in [0, 0.05) is 26.7 Å². The van der Waals surface area contributed by atoms with Crippen molar-refractivity contribution in [3.05, 3.63) is 0 Å². The van der Waals surface area contributed by atoms with Crippen LogP contribution in [0.25, 0.3) is 0 Å². The van der Waals surface area contributed by atoms with Crippen molar-refractivity contribution in [1.82, 2.24) is 15.5 Å². The minimum absolute atomic E-state index is 0.0669. The normalized spacial score (nSPS) is 21.1. The Bertz CT molecular complexity index is 205. The average Bonchev–Trinajstić information content (AvgIpc) is 2.30. The van der Waals surface area contributed by atoms with Crippen molar-refractivity contribution >= 4 is 5.91 Å². The zero-order valence-corrected chi connectivity index (χ0v) is 10.3. The zero-order valence-electron chi connectivity index (χ0n) is 10.3. The summed E-state index contributed by atoms with van der Waals surface area (Å²) in [6, 6.07) is 0. The predicted molar refractivity (Wildman–Crippen MR) is 63.4 cm³/mol. The van der Waals surface area contributed by atoms with E-state index in [2.05, 4.69) is 22.5 Å². The number of rotatable bonds is 6. The highest BCUT2D eigenvalue weighted by Crippen LogP contribution is 2.01. The number of nitrogens with zero attached hydrogens (tertiary/aromatic N) is 1. The molecule has 1 aliphatic heterocycles. The fourth-order valence-electron chi connectivity index (χ4n) is 1.86. The first kappa shape index (κ1) is 13.4. The smallest absolute Gasteiger partial charge is 0.233 e. The number of morpholine rings is 1. The Labute approximate surface area is 97.5 Å². The molecule has 0 aromatic rings. The minimum Gasteiger partial charge on any atom is -0.374 e. The molecule has 94 valence electrons. The van der Waals surface area contributed by atoms with E-state index in [0.717, 1.165) is 39.2 Å². The number of nitrogens with one attached hydrogen (secondary N) is 2. The van der Waals surface area contributed by atoms with E-state index >= 15 is 0 Å². The molecule has 0 aromatic carbocycles. The number of hydrogen-bond donors (Lipinski definition) is 2. The van der Waals surface area contributed by atoms with Crippen LogP contribution in [0.2, 0.25) is 0 Å². The van der Waals surface area contributed by atoms with Crippen LogP contribution in [-0.2, 0) is 9.53 Å². The van der Waals surface area contributed by atoms with E-state index in [-0.39, 0.29) is 12.0 Å². The lowest BCUT2D eigenvalue weighted by atomic mass is 10.2. The molecular formula is C11H23N3O2. The van der Waals surface area contributed by atoms with Crippen molar-refractivity contribution in [2.75, 3.05) is 46.4 Å². The Morgan fingerprint density at radius 3 is 3.00 bits per heavy atom. The quantitative estimate of drug-likeness (QED) is 0.640. The Hall–Kier alpha value is -0.650. The molecule has 5 heteroatoms. The lowest BCUT2D eigenvalue weighted by Crippen LogP contribution is -2.47.